The van der Waals surface area contributed by atoms with Crippen LogP contribution in [-0.2, 0) is 46.7 Å². The molecular formula is C36H53N3O8. The number of benzene rings is 2. The Kier molecular flexibility index (Phi) is 16.1. The van der Waals surface area contributed by atoms with E-state index in [1.54, 1.807) is 27.7 Å². The number of esters is 2. The maximum atomic E-state index is 12.6. The first-order chi connectivity index (χ1) is 22.6. The average molecular weight is 656 g/mol. The van der Waals surface area contributed by atoms with Crippen LogP contribution in [0.3, 0.4) is 0 Å². The number of rotatable bonds is 12. The lowest BCUT2D eigenvalue weighted by atomic mass is 9.86. The highest BCUT2D eigenvalue weighted by Gasteiger charge is 2.39. The summed E-state index contributed by atoms with van der Waals surface area (Å²) in [6.07, 6.45) is 4.34. The molecule has 2 aromatic rings. The predicted molar refractivity (Wildman–Crippen MR) is 177 cm³/mol. The Morgan fingerprint density at radius 1 is 0.702 bits per heavy atom. The minimum absolute atomic E-state index is 0.0452. The molecule has 47 heavy (non-hydrogen) atoms. The van der Waals surface area contributed by atoms with Gasteiger partial charge in [0.2, 0.25) is 0 Å². The van der Waals surface area contributed by atoms with Crippen LogP contribution in [0.2, 0.25) is 0 Å². The second kappa shape index (κ2) is 20.0. The van der Waals surface area contributed by atoms with Crippen molar-refractivity contribution in [2.24, 2.45) is 5.92 Å². The number of likely N-dealkylation sites (tertiary alicyclic amines) is 1. The van der Waals surface area contributed by atoms with Crippen molar-refractivity contribution in [2.45, 2.75) is 110 Å². The maximum Gasteiger partial charge on any atom is 0.411 e. The minimum Gasteiger partial charge on any atom is -0.466 e. The molecule has 1 heterocycles. The Hall–Kier alpha value is -3.51. The summed E-state index contributed by atoms with van der Waals surface area (Å²) in [6.45, 7) is 11.0. The zero-order valence-corrected chi connectivity index (χ0v) is 28.6. The van der Waals surface area contributed by atoms with Crippen molar-refractivity contribution in [3.8, 4) is 0 Å². The molecule has 1 aliphatic heterocycles. The largest absolute Gasteiger partial charge is 0.466 e. The molecule has 2 N–H and O–H groups in total. The summed E-state index contributed by atoms with van der Waals surface area (Å²) in [5, 5.41) is 0. The molecule has 260 valence electrons. The highest BCUT2D eigenvalue weighted by molar-refractivity contribution is 5.82. The van der Waals surface area contributed by atoms with Gasteiger partial charge in [-0.25, -0.2) is 9.59 Å². The van der Waals surface area contributed by atoms with Crippen LogP contribution in [0.15, 0.2) is 60.7 Å². The van der Waals surface area contributed by atoms with E-state index in [1.807, 2.05) is 67.6 Å². The van der Waals surface area contributed by atoms with Gasteiger partial charge in [-0.3, -0.25) is 19.4 Å². The van der Waals surface area contributed by atoms with E-state index < -0.39 is 23.7 Å². The van der Waals surface area contributed by atoms with E-state index in [1.165, 1.54) is 4.90 Å². The van der Waals surface area contributed by atoms with Gasteiger partial charge in [-0.1, -0.05) is 60.7 Å². The minimum atomic E-state index is -0.638. The van der Waals surface area contributed by atoms with Crippen molar-refractivity contribution in [1.82, 2.24) is 15.9 Å². The van der Waals surface area contributed by atoms with Gasteiger partial charge >= 0.3 is 18.0 Å². The first-order valence-corrected chi connectivity index (χ1v) is 16.7. The number of carbonyl (C=O) groups is 3. The Bertz CT molecular complexity index is 1200. The maximum absolute atomic E-state index is 12.6. The van der Waals surface area contributed by atoms with E-state index >= 15 is 0 Å². The van der Waals surface area contributed by atoms with E-state index in [9.17, 15) is 14.4 Å². The molecule has 0 radical (unpaired) electrons. The molecule has 2 atom stereocenters. The van der Waals surface area contributed by atoms with E-state index in [2.05, 4.69) is 11.0 Å². The zero-order valence-electron chi connectivity index (χ0n) is 28.6. The van der Waals surface area contributed by atoms with Crippen LogP contribution in [0.1, 0.15) is 84.3 Å². The fourth-order valence-electron chi connectivity index (χ4n) is 5.41. The molecule has 1 saturated carbocycles. The molecular weight excluding hydrogens is 602 g/mol. The molecule has 0 aromatic heterocycles. The highest BCUT2D eigenvalue weighted by Crippen LogP contribution is 2.26. The average Bonchev–Trinajstić information content (AvgIpc) is 3.06. The number of hydrogen-bond acceptors (Lipinski definition) is 10. The van der Waals surface area contributed by atoms with Gasteiger partial charge in [0, 0.05) is 12.6 Å². The number of ether oxygens (including phenoxy) is 3. The van der Waals surface area contributed by atoms with Gasteiger partial charge in [-0.05, 0) is 84.3 Å². The van der Waals surface area contributed by atoms with Crippen LogP contribution in [0.5, 0.6) is 0 Å². The molecule has 1 aliphatic carbocycles. The van der Waals surface area contributed by atoms with Gasteiger partial charge in [-0.2, -0.15) is 11.0 Å². The summed E-state index contributed by atoms with van der Waals surface area (Å²) >= 11 is 0. The molecule has 1 saturated heterocycles. The molecule has 2 aromatic carbocycles. The van der Waals surface area contributed by atoms with Crippen molar-refractivity contribution in [1.29, 1.82) is 0 Å². The third-order valence-electron chi connectivity index (χ3n) is 7.78. The van der Waals surface area contributed by atoms with Crippen LogP contribution in [0, 0.1) is 5.92 Å². The monoisotopic (exact) mass is 655 g/mol. The van der Waals surface area contributed by atoms with Crippen molar-refractivity contribution in [2.75, 3.05) is 19.8 Å². The Morgan fingerprint density at radius 3 is 1.70 bits per heavy atom. The van der Waals surface area contributed by atoms with E-state index in [0.29, 0.717) is 45.2 Å². The Morgan fingerprint density at radius 2 is 1.19 bits per heavy atom. The smallest absolute Gasteiger partial charge is 0.411 e. The number of hydroxylamine groups is 2. The normalized spacial score (nSPS) is 21.2. The molecule has 0 bridgehead atoms. The summed E-state index contributed by atoms with van der Waals surface area (Å²) in [5.74, 6) is -0.370. The van der Waals surface area contributed by atoms with E-state index in [-0.39, 0.29) is 24.5 Å². The Labute approximate surface area is 279 Å². The third kappa shape index (κ3) is 14.0. The van der Waals surface area contributed by atoms with Gasteiger partial charge in [0.25, 0.3) is 0 Å². The molecule has 11 heteroatoms. The summed E-state index contributed by atoms with van der Waals surface area (Å²) in [6, 6.07) is 19.5. The van der Waals surface area contributed by atoms with Crippen molar-refractivity contribution in [3.05, 3.63) is 71.8 Å². The van der Waals surface area contributed by atoms with Crippen LogP contribution in [0.25, 0.3) is 0 Å². The third-order valence-corrected chi connectivity index (χ3v) is 7.78. The fraction of sp³-hybridized carbons (Fsp3) is 0.583. The van der Waals surface area contributed by atoms with Gasteiger partial charge < -0.3 is 14.2 Å². The second-order valence-electron chi connectivity index (χ2n) is 12.8. The lowest BCUT2D eigenvalue weighted by Gasteiger charge is -2.38. The molecule has 4 rings (SSSR count). The first kappa shape index (κ1) is 37.9. The van der Waals surface area contributed by atoms with Crippen LogP contribution in [0.4, 0.5) is 4.79 Å². The molecule has 2 fully saturated rings. The number of hydrogen-bond donors (Lipinski definition) is 2. The summed E-state index contributed by atoms with van der Waals surface area (Å²) in [4.78, 5) is 49.1. The number of piperidine rings is 1. The molecule has 0 spiro atoms. The number of carbonyl (C=O) groups excluding carboxylic acids is 3. The van der Waals surface area contributed by atoms with Gasteiger partial charge in [-0.15, -0.1) is 0 Å². The lowest BCUT2D eigenvalue weighted by Crippen LogP contribution is -2.56. The van der Waals surface area contributed by atoms with Crippen molar-refractivity contribution >= 4 is 18.0 Å². The van der Waals surface area contributed by atoms with E-state index in [4.69, 9.17) is 23.9 Å². The molecule has 0 unspecified atom stereocenters. The van der Waals surface area contributed by atoms with Gasteiger partial charge in [0.1, 0.15) is 11.6 Å². The van der Waals surface area contributed by atoms with Gasteiger partial charge in [0.05, 0.1) is 38.4 Å². The number of nitrogens with zero attached hydrogens (tertiary/aromatic N) is 1. The molecule has 2 aliphatic rings. The fourth-order valence-corrected chi connectivity index (χ4v) is 5.41. The molecule has 1 amide bonds. The summed E-state index contributed by atoms with van der Waals surface area (Å²) in [5.41, 5.74) is 7.68. The quantitative estimate of drug-likeness (QED) is 0.163. The topological polar surface area (TPSA) is 125 Å². The second-order valence-corrected chi connectivity index (χ2v) is 12.8. The SMILES string of the molecule is CCOC(=O)C1CCC(NOCc2ccccc2)CC1.CCOC(=O)[C@@H]1CC[C@@H](NOCc2ccccc2)CN1C(=O)OC(C)(C)C. The zero-order chi connectivity index (χ0) is 34.1. The standard InChI is InChI=1S/C20H30N2O5.C16H23NO3/c1-5-25-18(23)17-12-11-16(13-22(17)19(24)27-20(2,3)4)21-26-14-15-9-7-6-8-10-15;1-2-19-16(18)14-8-10-15(11-9-14)17-20-12-13-6-4-3-5-7-13/h6-10,16-17,21H,5,11-14H2,1-4H3;3-7,14-15,17H,2,8-12H2,1H3/t16-,17+;/m1./s1. The van der Waals surface area contributed by atoms with E-state index in [0.717, 1.165) is 36.8 Å². The van der Waals surface area contributed by atoms with Crippen LogP contribution in [-0.4, -0.2) is 66.4 Å². The van der Waals surface area contributed by atoms with Crippen molar-refractivity contribution < 1.29 is 38.3 Å². The van der Waals surface area contributed by atoms with Gasteiger partial charge in [0.15, 0.2) is 0 Å². The highest BCUT2D eigenvalue weighted by atomic mass is 16.6. The van der Waals surface area contributed by atoms with Crippen LogP contribution < -0.4 is 11.0 Å². The summed E-state index contributed by atoms with van der Waals surface area (Å²) < 4.78 is 15.7. The number of amides is 1. The predicted octanol–water partition coefficient (Wildman–Crippen LogP) is 5.87. The first-order valence-electron chi connectivity index (χ1n) is 16.7. The molecule has 11 nitrogen and oxygen atoms in total. The summed E-state index contributed by atoms with van der Waals surface area (Å²) in [7, 11) is 0. The lowest BCUT2D eigenvalue weighted by molar-refractivity contribution is -0.152. The van der Waals surface area contributed by atoms with Crippen molar-refractivity contribution in [3.63, 3.8) is 0 Å². The Balaban J connectivity index is 0.000000267. The van der Waals surface area contributed by atoms with Crippen LogP contribution >= 0.6 is 0 Å². The number of nitrogens with one attached hydrogen (secondary N) is 2.